The van der Waals surface area contributed by atoms with Gasteiger partial charge in [-0.1, -0.05) is 0 Å². The Kier molecular flexibility index (Phi) is 5.44. The largest absolute Gasteiger partial charge is 0.378 e. The molecule has 142 valence electrons. The molecule has 1 aliphatic rings. The fraction of sp³-hybridized carbons (Fsp3) is 0.190. The summed E-state index contributed by atoms with van der Waals surface area (Å²) in [6.45, 7) is 3.27. The maximum atomic E-state index is 12.3. The Morgan fingerprint density at radius 2 is 1.96 bits per heavy atom. The number of nitrogens with one attached hydrogen (secondary N) is 2. The molecule has 0 radical (unpaired) electrons. The first kappa shape index (κ1) is 17.9. The van der Waals surface area contributed by atoms with Crippen LogP contribution in [0.25, 0.3) is 17.2 Å². The monoisotopic (exact) mass is 375 g/mol. The lowest BCUT2D eigenvalue weighted by atomic mass is 10.0. The first-order valence-electron chi connectivity index (χ1n) is 9.14. The number of hydrogen-bond donors (Lipinski definition) is 2. The van der Waals surface area contributed by atoms with Crippen LogP contribution in [0.5, 0.6) is 0 Å². The van der Waals surface area contributed by atoms with Crippen molar-refractivity contribution in [3.63, 3.8) is 0 Å². The van der Waals surface area contributed by atoms with Gasteiger partial charge in [-0.2, -0.15) is 5.10 Å². The normalized spacial score (nSPS) is 14.4. The molecule has 1 aliphatic heterocycles. The van der Waals surface area contributed by atoms with Gasteiger partial charge < -0.3 is 15.0 Å². The quantitative estimate of drug-likeness (QED) is 0.670. The Morgan fingerprint density at radius 3 is 2.71 bits per heavy atom. The summed E-state index contributed by atoms with van der Waals surface area (Å²) < 4.78 is 5.38. The van der Waals surface area contributed by atoms with Crippen LogP contribution in [0, 0.1) is 0 Å². The van der Waals surface area contributed by atoms with Crippen LogP contribution in [0.15, 0.2) is 61.2 Å². The van der Waals surface area contributed by atoms with Crippen LogP contribution in [0.3, 0.4) is 0 Å². The minimum Gasteiger partial charge on any atom is -0.378 e. The van der Waals surface area contributed by atoms with Crippen LogP contribution < -0.4 is 10.2 Å². The summed E-state index contributed by atoms with van der Waals surface area (Å²) in [5.74, 6) is -0.193. The van der Waals surface area contributed by atoms with Crippen molar-refractivity contribution in [1.29, 1.82) is 0 Å². The summed E-state index contributed by atoms with van der Waals surface area (Å²) >= 11 is 0. The number of rotatable bonds is 5. The predicted octanol–water partition coefficient (Wildman–Crippen LogP) is 2.96. The smallest absolute Gasteiger partial charge is 0.248 e. The molecule has 2 aromatic heterocycles. The van der Waals surface area contributed by atoms with Crippen LogP contribution in [0.2, 0.25) is 0 Å². The van der Waals surface area contributed by atoms with E-state index in [1.807, 2.05) is 36.5 Å². The van der Waals surface area contributed by atoms with Crippen molar-refractivity contribution in [2.45, 2.75) is 0 Å². The number of anilines is 2. The van der Waals surface area contributed by atoms with Crippen molar-refractivity contribution in [3.8, 4) is 11.1 Å². The van der Waals surface area contributed by atoms with Crippen LogP contribution in [-0.4, -0.2) is 47.4 Å². The van der Waals surface area contributed by atoms with Crippen LogP contribution in [-0.2, 0) is 9.53 Å². The Bertz CT molecular complexity index is 945. The van der Waals surface area contributed by atoms with Gasteiger partial charge in [-0.25, -0.2) is 0 Å². The fourth-order valence-electron chi connectivity index (χ4n) is 3.13. The van der Waals surface area contributed by atoms with Crippen LogP contribution in [0.4, 0.5) is 11.4 Å². The second-order valence-electron chi connectivity index (χ2n) is 6.42. The average Bonchev–Trinajstić information content (AvgIpc) is 3.28. The van der Waals surface area contributed by atoms with Gasteiger partial charge in [0.25, 0.3) is 0 Å². The second-order valence-corrected chi connectivity index (χ2v) is 6.42. The molecule has 7 heteroatoms. The molecule has 3 aromatic rings. The van der Waals surface area contributed by atoms with E-state index in [2.05, 4.69) is 25.4 Å². The average molecular weight is 375 g/mol. The van der Waals surface area contributed by atoms with Crippen molar-refractivity contribution in [2.24, 2.45) is 0 Å². The number of benzene rings is 1. The third-order valence-corrected chi connectivity index (χ3v) is 4.59. The lowest BCUT2D eigenvalue weighted by Crippen LogP contribution is -2.36. The molecule has 3 heterocycles. The molecule has 0 saturated carbocycles. The van der Waals surface area contributed by atoms with E-state index in [0.29, 0.717) is 0 Å². The van der Waals surface area contributed by atoms with Gasteiger partial charge in [-0.15, -0.1) is 0 Å². The molecule has 1 fully saturated rings. The first-order valence-corrected chi connectivity index (χ1v) is 9.14. The number of aromatic amines is 1. The molecular weight excluding hydrogens is 354 g/mol. The predicted molar refractivity (Wildman–Crippen MR) is 109 cm³/mol. The van der Waals surface area contributed by atoms with E-state index in [1.165, 1.54) is 6.08 Å². The number of H-pyrrole nitrogens is 1. The summed E-state index contributed by atoms with van der Waals surface area (Å²) in [5.41, 5.74) is 4.65. The highest BCUT2D eigenvalue weighted by Gasteiger charge is 2.11. The van der Waals surface area contributed by atoms with Crippen LogP contribution >= 0.6 is 0 Å². The van der Waals surface area contributed by atoms with Gasteiger partial charge in [0.1, 0.15) is 0 Å². The van der Waals surface area contributed by atoms with Gasteiger partial charge in [0, 0.05) is 60.3 Å². The van der Waals surface area contributed by atoms with Gasteiger partial charge in [0.2, 0.25) is 5.91 Å². The lowest BCUT2D eigenvalue weighted by Gasteiger charge is -2.28. The van der Waals surface area contributed by atoms with E-state index in [-0.39, 0.29) is 5.91 Å². The molecule has 0 atom stereocenters. The number of carbonyl (C=O) groups is 1. The van der Waals surface area contributed by atoms with Gasteiger partial charge in [-0.3, -0.25) is 14.9 Å². The third-order valence-electron chi connectivity index (χ3n) is 4.59. The zero-order valence-electron chi connectivity index (χ0n) is 15.3. The van der Waals surface area contributed by atoms with Gasteiger partial charge >= 0.3 is 0 Å². The minimum atomic E-state index is -0.193. The standard InChI is InChI=1S/C21H21N5O2/c27-21(6-1-16-13-22-8-7-20(16)17-14-23-24-15-17)25-18-2-4-19(5-3-18)26-9-11-28-12-10-26/h1-8,13-15H,9-12H2,(H,23,24)(H,25,27)/b6-1+. The van der Waals surface area contributed by atoms with E-state index >= 15 is 0 Å². The highest BCUT2D eigenvalue weighted by atomic mass is 16.5. The highest BCUT2D eigenvalue weighted by molar-refractivity contribution is 6.02. The lowest BCUT2D eigenvalue weighted by molar-refractivity contribution is -0.111. The van der Waals surface area contributed by atoms with E-state index in [4.69, 9.17) is 4.74 Å². The summed E-state index contributed by atoms with van der Waals surface area (Å²) in [6, 6.07) is 9.76. The number of ether oxygens (including phenoxy) is 1. The molecule has 1 amide bonds. The molecule has 7 nitrogen and oxygen atoms in total. The highest BCUT2D eigenvalue weighted by Crippen LogP contribution is 2.23. The van der Waals surface area contributed by atoms with Crippen molar-refractivity contribution in [3.05, 3.63) is 66.8 Å². The number of hydrogen-bond acceptors (Lipinski definition) is 5. The Hall–Kier alpha value is -3.45. The molecule has 28 heavy (non-hydrogen) atoms. The van der Waals surface area contributed by atoms with Crippen LogP contribution in [0.1, 0.15) is 5.56 Å². The van der Waals surface area contributed by atoms with Gasteiger partial charge in [-0.05, 0) is 42.0 Å². The molecule has 0 aliphatic carbocycles. The van der Waals surface area contributed by atoms with Gasteiger partial charge in [0.05, 0.1) is 19.4 Å². The fourth-order valence-corrected chi connectivity index (χ4v) is 3.13. The van der Waals surface area contributed by atoms with E-state index < -0.39 is 0 Å². The molecule has 0 bridgehead atoms. The molecule has 2 N–H and O–H groups in total. The molecular formula is C21H21N5O2. The summed E-state index contributed by atoms with van der Waals surface area (Å²) in [6.07, 6.45) is 10.3. The molecule has 0 spiro atoms. The number of morpholine rings is 1. The third kappa shape index (κ3) is 4.27. The molecule has 1 aromatic carbocycles. The SMILES string of the molecule is O=C(/C=C/c1cnccc1-c1cn[nH]c1)Nc1ccc(N2CCOCC2)cc1. The second kappa shape index (κ2) is 8.49. The van der Waals surface area contributed by atoms with Gasteiger partial charge in [0.15, 0.2) is 0 Å². The summed E-state index contributed by atoms with van der Waals surface area (Å²) in [7, 11) is 0. The van der Waals surface area contributed by atoms with E-state index in [1.54, 1.807) is 24.7 Å². The Labute approximate surface area is 163 Å². The first-order chi connectivity index (χ1) is 13.8. The maximum absolute atomic E-state index is 12.3. The number of amides is 1. The minimum absolute atomic E-state index is 0.193. The zero-order chi connectivity index (χ0) is 19.2. The van der Waals surface area contributed by atoms with E-state index in [9.17, 15) is 4.79 Å². The molecule has 1 saturated heterocycles. The van der Waals surface area contributed by atoms with Crippen molar-refractivity contribution in [2.75, 3.05) is 36.5 Å². The number of pyridine rings is 1. The maximum Gasteiger partial charge on any atom is 0.248 e. The van der Waals surface area contributed by atoms with E-state index in [0.717, 1.165) is 54.4 Å². The topological polar surface area (TPSA) is 83.1 Å². The number of aromatic nitrogens is 3. The molecule has 0 unspecified atom stereocenters. The number of carbonyl (C=O) groups excluding carboxylic acids is 1. The Morgan fingerprint density at radius 1 is 1.14 bits per heavy atom. The summed E-state index contributed by atoms with van der Waals surface area (Å²) in [4.78, 5) is 18.7. The Balaban J connectivity index is 1.41. The number of nitrogens with zero attached hydrogens (tertiary/aromatic N) is 3. The molecule has 4 rings (SSSR count). The van der Waals surface area contributed by atoms with Crippen molar-refractivity contribution < 1.29 is 9.53 Å². The zero-order valence-corrected chi connectivity index (χ0v) is 15.3. The summed E-state index contributed by atoms with van der Waals surface area (Å²) in [5, 5.41) is 9.66. The van der Waals surface area contributed by atoms with Crippen molar-refractivity contribution in [1.82, 2.24) is 15.2 Å². The van der Waals surface area contributed by atoms with Crippen molar-refractivity contribution >= 4 is 23.4 Å².